The van der Waals surface area contributed by atoms with Crippen molar-refractivity contribution >= 4 is 38.3 Å². The Morgan fingerprint density at radius 3 is 2.70 bits per heavy atom. The van der Waals surface area contributed by atoms with Gasteiger partial charge in [0.2, 0.25) is 0 Å². The topological polar surface area (TPSA) is 58.9 Å². The molecule has 3 nitrogen and oxygen atoms in total. The first-order chi connectivity index (χ1) is 9.56. The minimum absolute atomic E-state index is 0.0140. The van der Waals surface area contributed by atoms with Gasteiger partial charge in [-0.25, -0.2) is 4.39 Å². The largest absolute Gasteiger partial charge is 0.399 e. The molecule has 3 rings (SSSR count). The number of hydrogen-bond donors (Lipinski definition) is 2. The number of halogens is 2. The number of nitrogens with one attached hydrogen (secondary N) is 1. The molecular weight excluding hydrogens is 323 g/mol. The number of H-pyrrole nitrogens is 1. The first-order valence-corrected chi connectivity index (χ1v) is 6.72. The Balaban J connectivity index is 2.15. The lowest BCUT2D eigenvalue weighted by molar-refractivity contribution is 0.103. The summed E-state index contributed by atoms with van der Waals surface area (Å²) in [5.41, 5.74) is 7.06. The zero-order valence-corrected chi connectivity index (χ0v) is 11.9. The van der Waals surface area contributed by atoms with Crippen molar-refractivity contribution in [3.05, 3.63) is 64.0 Å². The molecule has 0 aliphatic carbocycles. The molecule has 0 aliphatic heterocycles. The van der Waals surface area contributed by atoms with Crippen LogP contribution >= 0.6 is 15.9 Å². The maximum Gasteiger partial charge on any atom is 0.198 e. The number of aromatic amines is 1. The molecule has 0 spiro atoms. The molecular formula is C15H10BrFN2O. The number of aromatic nitrogens is 1. The number of carbonyl (C=O) groups excluding carboxylic acids is 1. The second-order valence-electron chi connectivity index (χ2n) is 4.46. The quantitative estimate of drug-likeness (QED) is 0.552. The highest BCUT2D eigenvalue weighted by molar-refractivity contribution is 9.10. The number of nitrogens with two attached hydrogens (primary N) is 1. The number of carbonyl (C=O) groups is 1. The zero-order valence-electron chi connectivity index (χ0n) is 10.3. The summed E-state index contributed by atoms with van der Waals surface area (Å²) in [6.45, 7) is 0. The molecule has 0 fully saturated rings. The molecule has 20 heavy (non-hydrogen) atoms. The van der Waals surface area contributed by atoms with Crippen molar-refractivity contribution in [2.45, 2.75) is 0 Å². The minimum Gasteiger partial charge on any atom is -0.399 e. The van der Waals surface area contributed by atoms with Crippen LogP contribution in [0, 0.1) is 5.82 Å². The summed E-state index contributed by atoms with van der Waals surface area (Å²) < 4.78 is 14.7. The van der Waals surface area contributed by atoms with Crippen LogP contribution in [0.15, 0.2) is 47.1 Å². The fourth-order valence-corrected chi connectivity index (χ4v) is 2.50. The van der Waals surface area contributed by atoms with Crippen LogP contribution < -0.4 is 5.73 Å². The van der Waals surface area contributed by atoms with Gasteiger partial charge in [-0.1, -0.05) is 15.9 Å². The Morgan fingerprint density at radius 1 is 1.15 bits per heavy atom. The number of anilines is 1. The van der Waals surface area contributed by atoms with E-state index >= 15 is 0 Å². The van der Waals surface area contributed by atoms with E-state index in [4.69, 9.17) is 5.73 Å². The van der Waals surface area contributed by atoms with Crippen LogP contribution in [0.2, 0.25) is 0 Å². The van der Waals surface area contributed by atoms with E-state index in [0.29, 0.717) is 11.3 Å². The molecule has 5 heteroatoms. The molecule has 0 amide bonds. The highest BCUT2D eigenvalue weighted by atomic mass is 79.9. The fraction of sp³-hybridized carbons (Fsp3) is 0. The van der Waals surface area contributed by atoms with E-state index in [1.807, 2.05) is 18.2 Å². The number of nitrogen functional groups attached to an aromatic ring is 1. The minimum atomic E-state index is -0.612. The van der Waals surface area contributed by atoms with Gasteiger partial charge in [-0.05, 0) is 36.4 Å². The number of fused-ring (bicyclic) bond motifs is 1. The van der Waals surface area contributed by atoms with Gasteiger partial charge in [-0.3, -0.25) is 4.79 Å². The Labute approximate surface area is 122 Å². The van der Waals surface area contributed by atoms with E-state index in [9.17, 15) is 9.18 Å². The van der Waals surface area contributed by atoms with Crippen molar-refractivity contribution in [3.63, 3.8) is 0 Å². The first kappa shape index (κ1) is 12.9. The van der Waals surface area contributed by atoms with Crippen LogP contribution in [-0.2, 0) is 0 Å². The van der Waals surface area contributed by atoms with Gasteiger partial charge in [-0.15, -0.1) is 0 Å². The zero-order chi connectivity index (χ0) is 14.3. The summed E-state index contributed by atoms with van der Waals surface area (Å²) >= 11 is 3.36. The van der Waals surface area contributed by atoms with E-state index in [2.05, 4.69) is 20.9 Å². The summed E-state index contributed by atoms with van der Waals surface area (Å²) in [4.78, 5) is 15.5. The highest BCUT2D eigenvalue weighted by Gasteiger charge is 2.17. The fourth-order valence-electron chi connectivity index (χ4n) is 2.14. The lowest BCUT2D eigenvalue weighted by Gasteiger charge is -2.03. The van der Waals surface area contributed by atoms with Crippen LogP contribution in [0.25, 0.3) is 10.9 Å². The van der Waals surface area contributed by atoms with Gasteiger partial charge in [0.25, 0.3) is 0 Å². The van der Waals surface area contributed by atoms with Gasteiger partial charge >= 0.3 is 0 Å². The smallest absolute Gasteiger partial charge is 0.198 e. The molecule has 0 saturated carbocycles. The number of hydrogen-bond acceptors (Lipinski definition) is 2. The SMILES string of the molecule is Nc1ccc(C(=O)c2c[nH]c3ccc(Br)cc23)c(F)c1. The average Bonchev–Trinajstić information content (AvgIpc) is 2.81. The van der Waals surface area contributed by atoms with Crippen molar-refractivity contribution in [1.82, 2.24) is 4.98 Å². The van der Waals surface area contributed by atoms with Crippen LogP contribution in [0.4, 0.5) is 10.1 Å². The van der Waals surface area contributed by atoms with Crippen molar-refractivity contribution in [2.24, 2.45) is 0 Å². The van der Waals surface area contributed by atoms with Crippen LogP contribution in [-0.4, -0.2) is 10.8 Å². The Bertz CT molecular complexity index is 826. The van der Waals surface area contributed by atoms with Gasteiger partial charge in [0.15, 0.2) is 5.78 Å². The van der Waals surface area contributed by atoms with Crippen molar-refractivity contribution in [2.75, 3.05) is 5.73 Å². The molecule has 0 saturated heterocycles. The van der Waals surface area contributed by atoms with Crippen LogP contribution in [0.3, 0.4) is 0 Å². The second kappa shape index (κ2) is 4.76. The lowest BCUT2D eigenvalue weighted by atomic mass is 10.0. The summed E-state index contributed by atoms with van der Waals surface area (Å²) in [6.07, 6.45) is 1.59. The second-order valence-corrected chi connectivity index (χ2v) is 5.38. The van der Waals surface area contributed by atoms with E-state index in [1.54, 1.807) is 6.20 Å². The molecule has 0 aliphatic rings. The molecule has 0 atom stereocenters. The normalized spacial score (nSPS) is 10.9. The standard InChI is InChI=1S/C15H10BrFN2O/c16-8-1-4-14-11(5-8)12(7-19-14)15(20)10-3-2-9(18)6-13(10)17/h1-7,19H,18H2. The summed E-state index contributed by atoms with van der Waals surface area (Å²) in [6, 6.07) is 9.63. The highest BCUT2D eigenvalue weighted by Crippen LogP contribution is 2.25. The predicted octanol–water partition coefficient (Wildman–Crippen LogP) is 3.88. The molecule has 3 N–H and O–H groups in total. The van der Waals surface area contributed by atoms with Crippen LogP contribution in [0.1, 0.15) is 15.9 Å². The van der Waals surface area contributed by atoms with Crippen molar-refractivity contribution in [3.8, 4) is 0 Å². The third-order valence-corrected chi connectivity index (χ3v) is 3.62. The summed E-state index contributed by atoms with van der Waals surface area (Å²) in [5.74, 6) is -0.980. The molecule has 0 unspecified atom stereocenters. The van der Waals surface area contributed by atoms with Crippen molar-refractivity contribution in [1.29, 1.82) is 0 Å². The molecule has 0 radical (unpaired) electrons. The van der Waals surface area contributed by atoms with E-state index in [-0.39, 0.29) is 11.3 Å². The van der Waals surface area contributed by atoms with E-state index in [1.165, 1.54) is 12.1 Å². The Morgan fingerprint density at radius 2 is 1.95 bits per heavy atom. The van der Waals surface area contributed by atoms with Crippen LogP contribution in [0.5, 0.6) is 0 Å². The maximum absolute atomic E-state index is 13.9. The number of ketones is 1. The first-order valence-electron chi connectivity index (χ1n) is 5.92. The number of rotatable bonds is 2. The third-order valence-electron chi connectivity index (χ3n) is 3.13. The monoisotopic (exact) mass is 332 g/mol. The summed E-state index contributed by atoms with van der Waals surface area (Å²) in [7, 11) is 0. The van der Waals surface area contributed by atoms with E-state index in [0.717, 1.165) is 21.4 Å². The Hall–Kier alpha value is -2.14. The van der Waals surface area contributed by atoms with Gasteiger partial charge in [0.1, 0.15) is 5.82 Å². The summed E-state index contributed by atoms with van der Waals surface area (Å²) in [5, 5.41) is 0.751. The van der Waals surface area contributed by atoms with Gasteiger partial charge in [0, 0.05) is 32.8 Å². The van der Waals surface area contributed by atoms with Crippen molar-refractivity contribution < 1.29 is 9.18 Å². The van der Waals surface area contributed by atoms with Gasteiger partial charge in [-0.2, -0.15) is 0 Å². The molecule has 1 heterocycles. The maximum atomic E-state index is 13.9. The molecule has 3 aromatic rings. The molecule has 100 valence electrons. The predicted molar refractivity (Wildman–Crippen MR) is 80.2 cm³/mol. The van der Waals surface area contributed by atoms with E-state index < -0.39 is 5.82 Å². The van der Waals surface area contributed by atoms with Gasteiger partial charge in [0.05, 0.1) is 5.56 Å². The molecule has 0 bridgehead atoms. The number of benzene rings is 2. The Kier molecular flexibility index (Phi) is 3.06. The molecule has 1 aromatic heterocycles. The van der Waals surface area contributed by atoms with Gasteiger partial charge < -0.3 is 10.7 Å². The average molecular weight is 333 g/mol. The third kappa shape index (κ3) is 2.10. The molecule has 2 aromatic carbocycles. The lowest BCUT2D eigenvalue weighted by Crippen LogP contribution is -2.04.